The van der Waals surface area contributed by atoms with Gasteiger partial charge in [0.05, 0.1) is 0 Å². The molecule has 19 aromatic rings. The van der Waals surface area contributed by atoms with Crippen molar-refractivity contribution >= 4 is 162 Å². The Kier molecular flexibility index (Phi) is 34.3. The molecule has 11 heterocycles. The first-order valence-electron chi connectivity index (χ1n) is 42.0. The van der Waals surface area contributed by atoms with Gasteiger partial charge in [0.25, 0.3) is 0 Å². The topological polar surface area (TPSA) is 341 Å². The van der Waals surface area contributed by atoms with Gasteiger partial charge in [-0.2, -0.15) is 0 Å². The summed E-state index contributed by atoms with van der Waals surface area (Å²) in [6.45, 7) is 12.5. The number of anilines is 6. The molecule has 0 atom stereocenters. The minimum atomic E-state index is -0.899. The van der Waals surface area contributed by atoms with E-state index in [9.17, 15) is 59.5 Å². The van der Waals surface area contributed by atoms with Crippen LogP contribution in [0.1, 0.15) is 97.4 Å². The van der Waals surface area contributed by atoms with Gasteiger partial charge in [-0.15, -0.1) is 0 Å². The zero-order chi connectivity index (χ0) is 99.5. The molecule has 6 N–H and O–H groups in total. The molecule has 0 aliphatic rings. The van der Waals surface area contributed by atoms with E-state index in [4.69, 9.17) is 11.6 Å². The number of nitrogens with one attached hydrogen (secondary N) is 6. The Balaban J connectivity index is 0.000000134. The fraction of sp³-hybridized carbons (Fsp3) is 0.112. The standard InChI is InChI=1S/C20H14F2N4OSe.C17H13FN2OSe.C16H15FN4OSe.C15H13ClN4OSe.C15H12F2N4OSe.C15H13FN4OSe/c1-26-17(10-16(25-26)12-6-2-4-8-14(12)21)18-11-23-20(28-18)24-19(27)13-7-3-5-9-15(13)22;1-11-6-2-3-7-12(11)15-10-19-17(22-15)20-16(21)13-8-4-5-9-14(13)18;1-3-21-13(8-10(2)20-21)14-9-18-16(23-14)19-15(22)11-6-4-5-7-12(11)17;1-9-7-12(20(2)19-9)13-8-17-15(22-13)18-14(21)10-5-3-4-6-11(10)16;1-8-6-11(21(2)20-8)12-7-18-15(23-12)19-14(22)13-9(16)4-3-5-10(13)17;1-9-7-12(20(2)19-9)13-8-17-15(22-13)18-14(21)10-5-3-4-6-11(10)16/h2-11H,1H3,(H,23,24,27);2-10H,1H3,(H,19,20,21);4-9H,3H2,1-2H3,(H,18,19,22);3-8H,1-2H3,(H,17,18,21);3-7H,1-2H3,(H,18,19,22);3-8H,1-2H3,(H,17,18,21). The SMILES string of the molecule is CCn1nc(C)cc1-c1cnc(NC(=O)c2ccccc2F)[se]1.Cc1cc(-c2cnc(NC(=O)c3c(F)cccc3F)[se]2)n(C)n1.Cc1cc(-c2cnc(NC(=O)c3ccccc3Cl)[se]2)n(C)n1.Cc1cc(-c2cnc(NC(=O)c3ccccc3F)[se]2)n(C)n1.Cc1ccccc1-c1cnc(NC(=O)c2ccccc2F)[se]1.Cn1nc(-c2ccccc2F)cc1-c1cnc(NC(=O)c2ccccc2F)[se]1. The number of carbonyl (C=O) groups is 6. The number of aromatic nitrogens is 16. The fourth-order valence-electron chi connectivity index (χ4n) is 13.5. The summed E-state index contributed by atoms with van der Waals surface area (Å²) in [6, 6.07) is 58.0. The van der Waals surface area contributed by atoms with Crippen LogP contribution in [0.4, 0.5) is 58.9 Å². The summed E-state index contributed by atoms with van der Waals surface area (Å²) in [5.41, 5.74) is 11.6. The van der Waals surface area contributed by atoms with Crippen molar-refractivity contribution in [2.45, 2.75) is 48.1 Å². The molecule has 0 spiro atoms. The minimum absolute atomic E-state index is 0.0193. The fourth-order valence-corrected chi connectivity index (χ4v) is 24.6. The molecule has 0 bridgehead atoms. The van der Waals surface area contributed by atoms with Gasteiger partial charge in [-0.3, -0.25) is 0 Å². The number of carbonyl (C=O) groups excluding carboxylic acids is 6. The maximum atomic E-state index is 14.0. The normalized spacial score (nSPS) is 10.7. The van der Waals surface area contributed by atoms with Crippen LogP contribution in [0.3, 0.4) is 0 Å². The molecule has 28 nitrogen and oxygen atoms in total. The summed E-state index contributed by atoms with van der Waals surface area (Å²) in [7, 11) is 7.37. The summed E-state index contributed by atoms with van der Waals surface area (Å²) in [6.07, 6.45) is 10.3. The maximum absolute atomic E-state index is 14.0. The van der Waals surface area contributed by atoms with E-state index in [-0.39, 0.29) is 121 Å². The van der Waals surface area contributed by atoms with Crippen molar-refractivity contribution in [3.05, 3.63) is 363 Å². The van der Waals surface area contributed by atoms with Crippen molar-refractivity contribution in [3.8, 4) is 71.9 Å². The number of aryl methyl sites for hydroxylation is 10. The second kappa shape index (κ2) is 47.1. The van der Waals surface area contributed by atoms with Crippen LogP contribution in [0.15, 0.2) is 256 Å². The van der Waals surface area contributed by atoms with E-state index in [0.29, 0.717) is 50.0 Å². The zero-order valence-corrected chi connectivity index (χ0v) is 86.6. The van der Waals surface area contributed by atoms with E-state index >= 15 is 0 Å². The van der Waals surface area contributed by atoms with E-state index in [1.807, 2.05) is 121 Å². The number of halogens is 8. The molecule has 0 aliphatic carbocycles. The molecule has 42 heteroatoms. The van der Waals surface area contributed by atoms with Crippen LogP contribution in [-0.2, 0) is 34.7 Å². The molecule has 0 radical (unpaired) electrons. The second-order valence-electron chi connectivity index (χ2n) is 30.1. The Morgan fingerprint density at radius 2 is 0.564 bits per heavy atom. The van der Waals surface area contributed by atoms with Crippen LogP contribution in [0.25, 0.3) is 71.9 Å². The van der Waals surface area contributed by atoms with Crippen molar-refractivity contribution < 1.29 is 59.5 Å². The Morgan fingerprint density at radius 3 is 0.907 bits per heavy atom. The van der Waals surface area contributed by atoms with Crippen molar-refractivity contribution in [3.63, 3.8) is 0 Å². The molecule has 710 valence electrons. The molecule has 0 saturated heterocycles. The van der Waals surface area contributed by atoms with Crippen LogP contribution in [0.2, 0.25) is 5.02 Å². The molecule has 0 saturated carbocycles. The molecule has 140 heavy (non-hydrogen) atoms. The van der Waals surface area contributed by atoms with E-state index in [1.165, 1.54) is 72.3 Å². The number of rotatable bonds is 20. The van der Waals surface area contributed by atoms with Crippen molar-refractivity contribution in [2.24, 2.45) is 28.2 Å². The van der Waals surface area contributed by atoms with Gasteiger partial charge in [0.15, 0.2) is 0 Å². The zero-order valence-electron chi connectivity index (χ0n) is 75.5. The van der Waals surface area contributed by atoms with E-state index in [0.717, 1.165) is 102 Å². The van der Waals surface area contributed by atoms with Gasteiger partial charge >= 0.3 is 844 Å². The Labute approximate surface area is 836 Å². The molecular weight excluding hydrogens is 2220 g/mol. The number of amides is 6. The van der Waals surface area contributed by atoms with Gasteiger partial charge in [-0.05, 0) is 0 Å². The first kappa shape index (κ1) is 102. The van der Waals surface area contributed by atoms with Crippen molar-refractivity contribution in [1.29, 1.82) is 0 Å². The number of hydrogen-bond donors (Lipinski definition) is 6. The number of nitrogens with zero attached hydrogens (tertiary/aromatic N) is 16. The van der Waals surface area contributed by atoms with Crippen LogP contribution in [0.5, 0.6) is 0 Å². The second-order valence-corrected chi connectivity index (χ2v) is 43.5. The summed E-state index contributed by atoms with van der Waals surface area (Å²) < 4.78 is 114. The van der Waals surface area contributed by atoms with Gasteiger partial charge < -0.3 is 0 Å². The molecule has 19 rings (SSSR count). The predicted octanol–water partition coefficient (Wildman–Crippen LogP) is 17.3. The number of hydrogen-bond acceptors (Lipinski definition) is 17. The van der Waals surface area contributed by atoms with E-state index in [1.54, 1.807) is 149 Å². The Bertz CT molecular complexity index is 7560. The third-order valence-corrected chi connectivity index (χ3v) is 32.2. The van der Waals surface area contributed by atoms with Crippen LogP contribution >= 0.6 is 11.6 Å². The van der Waals surface area contributed by atoms with Crippen LogP contribution in [0, 0.1) is 75.3 Å². The average Bonchev–Trinajstić information content (AvgIpc) is 1.66. The Hall–Kier alpha value is -14.0. The van der Waals surface area contributed by atoms with Gasteiger partial charge in [0.2, 0.25) is 0 Å². The summed E-state index contributed by atoms with van der Waals surface area (Å²) in [5.74, 6) is -7.35. The van der Waals surface area contributed by atoms with Gasteiger partial charge in [0.1, 0.15) is 0 Å². The third-order valence-electron chi connectivity index (χ3n) is 20.0. The predicted molar refractivity (Wildman–Crippen MR) is 528 cm³/mol. The quantitative estimate of drug-likeness (QED) is 0.0305. The van der Waals surface area contributed by atoms with E-state index < -0.39 is 70.0 Å². The summed E-state index contributed by atoms with van der Waals surface area (Å²) >= 11 is 5.05. The first-order chi connectivity index (χ1) is 67.3. The first-order valence-corrected chi connectivity index (χ1v) is 52.7. The van der Waals surface area contributed by atoms with Crippen LogP contribution < -0.4 is 31.9 Å². The molecule has 8 aromatic carbocycles. The number of benzene rings is 8. The van der Waals surface area contributed by atoms with E-state index in [2.05, 4.69) is 87.3 Å². The van der Waals surface area contributed by atoms with Crippen molar-refractivity contribution in [1.82, 2.24) is 78.8 Å². The Morgan fingerprint density at radius 1 is 0.293 bits per heavy atom. The molecule has 6 amide bonds. The third kappa shape index (κ3) is 25.9. The summed E-state index contributed by atoms with van der Waals surface area (Å²) in [5, 5.41) is 38.2. The molecule has 0 fully saturated rings. The molecular formula is C98H80ClF7N22O6Se6. The van der Waals surface area contributed by atoms with Gasteiger partial charge in [-0.1, -0.05) is 0 Å². The summed E-state index contributed by atoms with van der Waals surface area (Å²) in [4.78, 5) is 98.2. The molecule has 0 unspecified atom stereocenters. The van der Waals surface area contributed by atoms with Crippen LogP contribution in [-0.4, -0.2) is 201 Å². The van der Waals surface area contributed by atoms with Gasteiger partial charge in [-0.25, -0.2) is 0 Å². The molecule has 11 aromatic heterocycles. The molecule has 0 aliphatic heterocycles. The van der Waals surface area contributed by atoms with Crippen molar-refractivity contribution in [2.75, 3.05) is 31.9 Å². The van der Waals surface area contributed by atoms with Gasteiger partial charge in [0, 0.05) is 0 Å². The monoisotopic (exact) mass is 2310 g/mol. The average molecular weight is 2300 g/mol.